The molecule has 2 amide bonds. The molecule has 0 radical (unpaired) electrons. The van der Waals surface area contributed by atoms with E-state index in [0.29, 0.717) is 29.9 Å². The normalized spacial score (nSPS) is 17.4. The maximum absolute atomic E-state index is 13.3. The Morgan fingerprint density at radius 1 is 0.920 bits per heavy atom. The highest BCUT2D eigenvalue weighted by atomic mass is 19.1. The van der Waals surface area contributed by atoms with Crippen LogP contribution in [0.3, 0.4) is 0 Å². The number of benzene rings is 2. The van der Waals surface area contributed by atoms with Crippen molar-refractivity contribution < 1.29 is 14.0 Å². The summed E-state index contributed by atoms with van der Waals surface area (Å²) in [6.45, 7) is 1.26. The Balaban J connectivity index is 1.80. The van der Waals surface area contributed by atoms with Crippen molar-refractivity contribution in [2.24, 2.45) is 0 Å². The number of likely N-dealkylation sites (N-methyl/N-ethyl adjacent to an activating group) is 1. The second-order valence-electron chi connectivity index (χ2n) is 6.34. The van der Waals surface area contributed by atoms with Gasteiger partial charge in [-0.15, -0.1) is 0 Å². The average molecular weight is 336 g/mol. The minimum absolute atomic E-state index is 0.302. The summed E-state index contributed by atoms with van der Waals surface area (Å²) in [6, 6.07) is 13.8. The van der Waals surface area contributed by atoms with E-state index < -0.39 is 0 Å². The van der Waals surface area contributed by atoms with E-state index in [2.05, 4.69) is 6.07 Å². The molecule has 25 heavy (non-hydrogen) atoms. The lowest BCUT2D eigenvalue weighted by Crippen LogP contribution is -2.35. The molecule has 0 saturated carbocycles. The molecule has 0 N–H and O–H groups in total. The van der Waals surface area contributed by atoms with Crippen LogP contribution in [0.4, 0.5) is 4.39 Å². The highest BCUT2D eigenvalue weighted by Crippen LogP contribution is 2.33. The Morgan fingerprint density at radius 2 is 1.60 bits per heavy atom. The zero-order valence-electron chi connectivity index (χ0n) is 13.8. The highest BCUT2D eigenvalue weighted by Gasteiger charge is 2.40. The van der Waals surface area contributed by atoms with Crippen LogP contribution in [-0.4, -0.2) is 35.2 Å². The summed E-state index contributed by atoms with van der Waals surface area (Å²) in [5, 5.41) is 0. The van der Waals surface area contributed by atoms with Crippen molar-refractivity contribution in [1.29, 1.82) is 0 Å². The molecular weight excluding hydrogens is 319 g/mol. The van der Waals surface area contributed by atoms with E-state index in [1.807, 2.05) is 23.1 Å². The van der Waals surface area contributed by atoms with Crippen LogP contribution in [0.1, 0.15) is 16.7 Å². The number of halogens is 1. The van der Waals surface area contributed by atoms with Gasteiger partial charge in [-0.3, -0.25) is 14.5 Å². The minimum Gasteiger partial charge on any atom is -0.362 e. The van der Waals surface area contributed by atoms with Gasteiger partial charge in [-0.1, -0.05) is 36.4 Å². The first kappa shape index (κ1) is 15.6. The fraction of sp³-hybridized carbons (Fsp3) is 0.200. The third-order valence-corrected chi connectivity index (χ3v) is 4.84. The zero-order chi connectivity index (χ0) is 17.6. The summed E-state index contributed by atoms with van der Waals surface area (Å²) in [7, 11) is 1.49. The van der Waals surface area contributed by atoms with Crippen LogP contribution < -0.4 is 0 Å². The van der Waals surface area contributed by atoms with E-state index >= 15 is 0 Å². The monoisotopic (exact) mass is 336 g/mol. The third-order valence-electron chi connectivity index (χ3n) is 4.84. The van der Waals surface area contributed by atoms with Crippen molar-refractivity contribution in [2.45, 2.75) is 13.0 Å². The van der Waals surface area contributed by atoms with E-state index in [1.165, 1.54) is 24.7 Å². The first-order chi connectivity index (χ1) is 12.1. The number of fused-ring (bicyclic) bond motifs is 1. The molecule has 0 atom stereocenters. The molecule has 4 rings (SSSR count). The number of carbonyl (C=O) groups is 2. The van der Waals surface area contributed by atoms with Gasteiger partial charge in [-0.2, -0.15) is 0 Å². The van der Waals surface area contributed by atoms with Gasteiger partial charge in [-0.05, 0) is 35.2 Å². The first-order valence-corrected chi connectivity index (χ1v) is 8.20. The molecule has 4 nitrogen and oxygen atoms in total. The Morgan fingerprint density at radius 3 is 2.32 bits per heavy atom. The Kier molecular flexibility index (Phi) is 3.64. The Bertz CT molecular complexity index is 902. The lowest BCUT2D eigenvalue weighted by Gasteiger charge is -2.31. The van der Waals surface area contributed by atoms with Gasteiger partial charge in [0, 0.05) is 20.1 Å². The number of nitrogens with zero attached hydrogens (tertiary/aromatic N) is 2. The van der Waals surface area contributed by atoms with Gasteiger partial charge >= 0.3 is 0 Å². The highest BCUT2D eigenvalue weighted by molar-refractivity contribution is 6.35. The number of imide groups is 1. The largest absolute Gasteiger partial charge is 0.362 e. The van der Waals surface area contributed by atoms with Crippen LogP contribution in [0.5, 0.6) is 0 Å². The number of carbonyl (C=O) groups excluding carboxylic acids is 2. The molecule has 0 spiro atoms. The van der Waals surface area contributed by atoms with Crippen LogP contribution in [0.2, 0.25) is 0 Å². The molecular formula is C20H17FN2O2. The molecule has 2 aromatic rings. The maximum Gasteiger partial charge on any atom is 0.277 e. The van der Waals surface area contributed by atoms with E-state index in [9.17, 15) is 14.0 Å². The smallest absolute Gasteiger partial charge is 0.277 e. The van der Waals surface area contributed by atoms with Crippen molar-refractivity contribution in [3.63, 3.8) is 0 Å². The first-order valence-electron chi connectivity index (χ1n) is 8.20. The molecule has 0 saturated heterocycles. The van der Waals surface area contributed by atoms with Gasteiger partial charge in [0.2, 0.25) is 0 Å². The molecule has 2 aliphatic heterocycles. The van der Waals surface area contributed by atoms with Crippen LogP contribution in [0.15, 0.2) is 54.2 Å². The Hall–Kier alpha value is -2.95. The molecule has 0 aliphatic carbocycles. The molecule has 5 heteroatoms. The molecule has 2 aliphatic rings. The van der Waals surface area contributed by atoms with Crippen molar-refractivity contribution in [1.82, 2.24) is 9.80 Å². The standard InChI is InChI=1S/C20H17FN2O2/c1-22-19(24)17(14-6-8-16(21)9-7-14)18(20(22)25)23-11-10-13-4-2-3-5-15(13)12-23/h2-9H,10-12H2,1H3. The van der Waals surface area contributed by atoms with Crippen molar-refractivity contribution >= 4 is 17.4 Å². The molecule has 0 fully saturated rings. The van der Waals surface area contributed by atoms with Gasteiger partial charge in [0.15, 0.2) is 0 Å². The summed E-state index contributed by atoms with van der Waals surface area (Å²) in [5.74, 6) is -1.02. The lowest BCUT2D eigenvalue weighted by molar-refractivity contribution is -0.136. The number of amides is 2. The number of rotatable bonds is 2. The summed E-state index contributed by atoms with van der Waals surface area (Å²) < 4.78 is 13.3. The molecule has 0 aromatic heterocycles. The van der Waals surface area contributed by atoms with Gasteiger partial charge < -0.3 is 4.90 Å². The molecule has 2 heterocycles. The Labute approximate surface area is 145 Å². The predicted octanol–water partition coefficient (Wildman–Crippen LogP) is 2.59. The quantitative estimate of drug-likeness (QED) is 0.792. The van der Waals surface area contributed by atoms with Crippen molar-refractivity contribution in [3.8, 4) is 0 Å². The average Bonchev–Trinajstić information content (AvgIpc) is 2.86. The number of hydrogen-bond acceptors (Lipinski definition) is 3. The fourth-order valence-corrected chi connectivity index (χ4v) is 3.48. The van der Waals surface area contributed by atoms with E-state index in [1.54, 1.807) is 12.1 Å². The molecule has 0 unspecified atom stereocenters. The fourth-order valence-electron chi connectivity index (χ4n) is 3.48. The van der Waals surface area contributed by atoms with Crippen LogP contribution in [0.25, 0.3) is 5.57 Å². The van der Waals surface area contributed by atoms with Crippen LogP contribution >= 0.6 is 0 Å². The maximum atomic E-state index is 13.3. The van der Waals surface area contributed by atoms with E-state index in [0.717, 1.165) is 16.9 Å². The SMILES string of the molecule is CN1C(=O)C(c2ccc(F)cc2)=C(N2CCc3ccccc3C2)C1=O. The second kappa shape index (κ2) is 5.84. The summed E-state index contributed by atoms with van der Waals surface area (Å²) >= 11 is 0. The number of hydrogen-bond donors (Lipinski definition) is 0. The predicted molar refractivity (Wildman–Crippen MR) is 91.7 cm³/mol. The van der Waals surface area contributed by atoms with Crippen LogP contribution in [-0.2, 0) is 22.6 Å². The summed E-state index contributed by atoms with van der Waals surface area (Å²) in [4.78, 5) is 28.4. The summed E-state index contributed by atoms with van der Waals surface area (Å²) in [5.41, 5.74) is 3.76. The topological polar surface area (TPSA) is 40.6 Å². The zero-order valence-corrected chi connectivity index (χ0v) is 13.8. The van der Waals surface area contributed by atoms with Gasteiger partial charge in [-0.25, -0.2) is 4.39 Å². The second-order valence-corrected chi connectivity index (χ2v) is 6.34. The lowest BCUT2D eigenvalue weighted by atomic mass is 9.98. The molecule has 2 aromatic carbocycles. The summed E-state index contributed by atoms with van der Waals surface area (Å²) in [6.07, 6.45) is 0.821. The molecule has 126 valence electrons. The third kappa shape index (κ3) is 2.52. The van der Waals surface area contributed by atoms with E-state index in [4.69, 9.17) is 0 Å². The van der Waals surface area contributed by atoms with Gasteiger partial charge in [0.05, 0.1) is 5.57 Å². The van der Waals surface area contributed by atoms with E-state index in [-0.39, 0.29) is 17.6 Å². The van der Waals surface area contributed by atoms with Gasteiger partial charge in [0.25, 0.3) is 11.8 Å². The van der Waals surface area contributed by atoms with Crippen molar-refractivity contribution in [3.05, 3.63) is 76.7 Å². The van der Waals surface area contributed by atoms with Crippen LogP contribution in [0, 0.1) is 5.82 Å². The van der Waals surface area contributed by atoms with Gasteiger partial charge in [0.1, 0.15) is 11.5 Å². The minimum atomic E-state index is -0.372. The van der Waals surface area contributed by atoms with Crippen molar-refractivity contribution in [2.75, 3.05) is 13.6 Å². The molecule has 0 bridgehead atoms.